The third-order valence-corrected chi connectivity index (χ3v) is 9.77. The number of benzene rings is 2. The Hall–Kier alpha value is -4.36. The highest BCUT2D eigenvalue weighted by molar-refractivity contribution is 7.89. The van der Waals surface area contributed by atoms with Crippen molar-refractivity contribution in [3.05, 3.63) is 107 Å². The predicted octanol–water partition coefficient (Wildman–Crippen LogP) is 5.34. The lowest BCUT2D eigenvalue weighted by Crippen LogP contribution is -2.53. The van der Waals surface area contributed by atoms with E-state index < -0.39 is 38.8 Å². The molecule has 6 rings (SSSR count). The minimum absolute atomic E-state index is 0.000277. The molecule has 0 bridgehead atoms. The van der Waals surface area contributed by atoms with Crippen LogP contribution < -0.4 is 4.74 Å². The highest BCUT2D eigenvalue weighted by Gasteiger charge is 2.51. The molecule has 8 nitrogen and oxygen atoms in total. The number of Topliss-reactive ketones (excluding diaryl/α,β-unsaturated/α-hetero) is 1. The lowest BCUT2D eigenvalue weighted by Gasteiger charge is -2.44. The van der Waals surface area contributed by atoms with Gasteiger partial charge in [0.05, 0.1) is 46.8 Å². The van der Waals surface area contributed by atoms with Gasteiger partial charge in [0, 0.05) is 13.1 Å². The number of fused-ring (bicyclic) bond motifs is 2. The van der Waals surface area contributed by atoms with Crippen LogP contribution in [0.15, 0.2) is 83.5 Å². The molecule has 13 heteroatoms. The van der Waals surface area contributed by atoms with Crippen LogP contribution in [0.3, 0.4) is 0 Å². The lowest BCUT2D eigenvalue weighted by molar-refractivity contribution is -0.137. The van der Waals surface area contributed by atoms with E-state index in [1.807, 2.05) is 6.08 Å². The molecule has 2 aromatic carbocycles. The number of carbonyl (C=O) groups excluding carboxylic acids is 1. The summed E-state index contributed by atoms with van der Waals surface area (Å²) in [7, 11) is -2.81. The molecule has 1 aliphatic carbocycles. The summed E-state index contributed by atoms with van der Waals surface area (Å²) < 4.78 is 88.2. The SMILES string of the molecule is COc1ccc(C(=O)[C@]23Cc4cnn(-c5ccc(F)cc5)c4C=C2CCN(S(=O)(=O)c2ccc(C(F)(F)F)cc2)C3)nc1. The van der Waals surface area contributed by atoms with Gasteiger partial charge in [-0.2, -0.15) is 22.6 Å². The van der Waals surface area contributed by atoms with Gasteiger partial charge >= 0.3 is 6.18 Å². The Morgan fingerprint density at radius 3 is 2.35 bits per heavy atom. The van der Waals surface area contributed by atoms with Gasteiger partial charge in [-0.3, -0.25) is 4.79 Å². The van der Waals surface area contributed by atoms with Crippen LogP contribution in [0.4, 0.5) is 17.6 Å². The second-order valence-corrected chi connectivity index (χ2v) is 12.3. The third-order valence-electron chi connectivity index (χ3n) is 7.91. The number of carbonyl (C=O) groups is 1. The number of pyridine rings is 1. The number of aromatic nitrogens is 3. The first kappa shape index (κ1) is 28.7. The van der Waals surface area contributed by atoms with Crippen LogP contribution >= 0.6 is 0 Å². The van der Waals surface area contributed by atoms with Crippen molar-refractivity contribution >= 4 is 21.9 Å². The van der Waals surface area contributed by atoms with E-state index in [1.165, 1.54) is 31.5 Å². The normalized spacial score (nSPS) is 18.9. The molecule has 1 saturated heterocycles. The second-order valence-electron chi connectivity index (χ2n) is 10.4. The highest BCUT2D eigenvalue weighted by Crippen LogP contribution is 2.47. The molecule has 3 heterocycles. The van der Waals surface area contributed by atoms with Crippen LogP contribution in [0.1, 0.15) is 33.7 Å². The Balaban J connectivity index is 1.42. The zero-order valence-electron chi connectivity index (χ0n) is 22.7. The average Bonchev–Trinajstić information content (AvgIpc) is 3.41. The number of nitrogens with zero attached hydrogens (tertiary/aromatic N) is 4. The number of ketones is 1. The molecule has 0 radical (unpaired) electrons. The first-order valence-corrected chi connectivity index (χ1v) is 14.6. The number of methoxy groups -OCH3 is 1. The number of rotatable bonds is 6. The van der Waals surface area contributed by atoms with Gasteiger partial charge in [-0.25, -0.2) is 22.5 Å². The van der Waals surface area contributed by atoms with Crippen molar-refractivity contribution in [2.24, 2.45) is 5.41 Å². The summed E-state index contributed by atoms with van der Waals surface area (Å²) in [4.78, 5) is 18.3. The van der Waals surface area contributed by atoms with Crippen molar-refractivity contribution in [1.82, 2.24) is 19.1 Å². The number of hydrogen-bond donors (Lipinski definition) is 0. The molecule has 43 heavy (non-hydrogen) atoms. The monoisotopic (exact) mass is 612 g/mol. The minimum atomic E-state index is -4.62. The van der Waals surface area contributed by atoms with Crippen molar-refractivity contribution in [2.75, 3.05) is 20.2 Å². The van der Waals surface area contributed by atoms with E-state index in [-0.39, 0.29) is 36.5 Å². The van der Waals surface area contributed by atoms with Gasteiger partial charge in [0.2, 0.25) is 10.0 Å². The molecule has 0 amide bonds. The molecular formula is C30H24F4N4O4S. The lowest BCUT2D eigenvalue weighted by atomic mass is 9.65. The fourth-order valence-corrected chi connectivity index (χ4v) is 7.15. The van der Waals surface area contributed by atoms with Crippen molar-refractivity contribution in [3.63, 3.8) is 0 Å². The van der Waals surface area contributed by atoms with Gasteiger partial charge < -0.3 is 4.74 Å². The number of alkyl halides is 3. The average molecular weight is 613 g/mol. The molecule has 4 aromatic rings. The summed E-state index contributed by atoms with van der Waals surface area (Å²) in [6, 6.07) is 12.2. The molecule has 1 fully saturated rings. The minimum Gasteiger partial charge on any atom is -0.495 e. The molecular weight excluding hydrogens is 588 g/mol. The molecule has 1 aliphatic heterocycles. The molecule has 0 N–H and O–H groups in total. The summed E-state index contributed by atoms with van der Waals surface area (Å²) in [5.74, 6) is -0.373. The largest absolute Gasteiger partial charge is 0.495 e. The van der Waals surface area contributed by atoms with Crippen LogP contribution in [0.25, 0.3) is 11.8 Å². The Bertz CT molecular complexity index is 1830. The fourth-order valence-electron chi connectivity index (χ4n) is 5.65. The van der Waals surface area contributed by atoms with Gasteiger partial charge in [0.1, 0.15) is 17.3 Å². The first-order chi connectivity index (χ1) is 20.4. The molecule has 0 unspecified atom stereocenters. The first-order valence-electron chi connectivity index (χ1n) is 13.2. The van der Waals surface area contributed by atoms with Gasteiger partial charge in [0.25, 0.3) is 0 Å². The quantitative estimate of drug-likeness (QED) is 0.216. The van der Waals surface area contributed by atoms with Gasteiger partial charge in [-0.1, -0.05) is 5.57 Å². The van der Waals surface area contributed by atoms with Crippen molar-refractivity contribution in [1.29, 1.82) is 0 Å². The van der Waals surface area contributed by atoms with Crippen molar-refractivity contribution < 1.29 is 35.5 Å². The van der Waals surface area contributed by atoms with Crippen LogP contribution in [0.5, 0.6) is 5.75 Å². The number of halogens is 4. The summed E-state index contributed by atoms with van der Waals surface area (Å²) >= 11 is 0. The summed E-state index contributed by atoms with van der Waals surface area (Å²) in [6.07, 6.45) is 0.460. The van der Waals surface area contributed by atoms with Gasteiger partial charge in [-0.05, 0) is 85.1 Å². The maximum atomic E-state index is 14.3. The highest BCUT2D eigenvalue weighted by atomic mass is 32.2. The van der Waals surface area contributed by atoms with Crippen molar-refractivity contribution in [3.8, 4) is 11.4 Å². The van der Waals surface area contributed by atoms with E-state index in [4.69, 9.17) is 4.74 Å². The zero-order valence-corrected chi connectivity index (χ0v) is 23.5. The molecule has 222 valence electrons. The van der Waals surface area contributed by atoms with Crippen LogP contribution in [0.2, 0.25) is 0 Å². The van der Waals surface area contributed by atoms with Gasteiger partial charge in [-0.15, -0.1) is 0 Å². The van der Waals surface area contributed by atoms with Crippen LogP contribution in [-0.2, 0) is 22.6 Å². The maximum absolute atomic E-state index is 14.3. The smallest absolute Gasteiger partial charge is 0.416 e. The van der Waals surface area contributed by atoms with Crippen molar-refractivity contribution in [2.45, 2.75) is 23.9 Å². The van der Waals surface area contributed by atoms with Gasteiger partial charge in [0.15, 0.2) is 5.78 Å². The Labute approximate surface area is 244 Å². The summed E-state index contributed by atoms with van der Waals surface area (Å²) in [5.41, 5.74) is 0.418. The topological polar surface area (TPSA) is 94.4 Å². The predicted molar refractivity (Wildman–Crippen MR) is 148 cm³/mol. The summed E-state index contributed by atoms with van der Waals surface area (Å²) in [6.45, 7) is -0.254. The van der Waals surface area contributed by atoms with Crippen LogP contribution in [-0.4, -0.2) is 53.5 Å². The maximum Gasteiger partial charge on any atom is 0.416 e. The second kappa shape index (κ2) is 10.4. The molecule has 2 aliphatic rings. The van der Waals surface area contributed by atoms with E-state index >= 15 is 0 Å². The third kappa shape index (κ3) is 5.01. The Morgan fingerprint density at radius 2 is 1.72 bits per heavy atom. The standard InChI is InChI=1S/C30H24F4N4O4S/c1-42-24-8-11-26(35-17-24)28(39)29-15-19-16-36-38(23-6-4-22(31)5-7-23)27(19)14-21(29)12-13-37(18-29)43(40,41)25-9-2-20(3-10-25)30(32,33)34/h2-11,14,16-17H,12-13,15,18H2,1H3/t29-/m0/s1. The van der Waals surface area contributed by atoms with E-state index in [0.29, 0.717) is 28.3 Å². The Morgan fingerprint density at radius 1 is 1.00 bits per heavy atom. The van der Waals surface area contributed by atoms with E-state index in [1.54, 1.807) is 29.1 Å². The van der Waals surface area contributed by atoms with Crippen LogP contribution in [0, 0.1) is 11.2 Å². The summed E-state index contributed by atoms with van der Waals surface area (Å²) in [5, 5.41) is 4.47. The number of piperidine rings is 1. The van der Waals surface area contributed by atoms with E-state index in [0.717, 1.165) is 28.6 Å². The number of hydrogen-bond acceptors (Lipinski definition) is 6. The number of ether oxygens (including phenoxy) is 1. The zero-order chi connectivity index (χ0) is 30.6. The molecule has 0 spiro atoms. The molecule has 0 saturated carbocycles. The van der Waals surface area contributed by atoms with E-state index in [9.17, 15) is 30.8 Å². The Kier molecular flexibility index (Phi) is 6.97. The molecule has 1 atom stereocenters. The molecule has 2 aromatic heterocycles. The van der Waals surface area contributed by atoms with E-state index in [2.05, 4.69) is 10.1 Å². The fraction of sp³-hybridized carbons (Fsp3) is 0.233. The number of sulfonamides is 1.